The second-order valence-electron chi connectivity index (χ2n) is 5.79. The van der Waals surface area contributed by atoms with E-state index in [4.69, 9.17) is 0 Å². The number of amides is 2. The van der Waals surface area contributed by atoms with E-state index in [1.54, 1.807) is 0 Å². The van der Waals surface area contributed by atoms with E-state index in [0.717, 1.165) is 45.2 Å². The highest BCUT2D eigenvalue weighted by Gasteiger charge is 2.41. The van der Waals surface area contributed by atoms with Gasteiger partial charge in [0.25, 0.3) is 0 Å². The van der Waals surface area contributed by atoms with E-state index < -0.39 is 0 Å². The molecule has 2 amide bonds. The highest BCUT2D eigenvalue weighted by atomic mass is 16.2. The van der Waals surface area contributed by atoms with Crippen LogP contribution in [0.2, 0.25) is 0 Å². The molecule has 0 atom stereocenters. The number of likely N-dealkylation sites (tertiary alicyclic amines) is 1. The molecule has 18 heavy (non-hydrogen) atoms. The van der Waals surface area contributed by atoms with Crippen molar-refractivity contribution in [3.05, 3.63) is 12.2 Å². The van der Waals surface area contributed by atoms with Crippen LogP contribution >= 0.6 is 0 Å². The minimum atomic E-state index is 0.00178. The summed E-state index contributed by atoms with van der Waals surface area (Å²) in [5.74, 6) is 0.658. The van der Waals surface area contributed by atoms with Crippen LogP contribution in [0.4, 0.5) is 0 Å². The van der Waals surface area contributed by atoms with Crippen LogP contribution in [0.5, 0.6) is 0 Å². The minimum absolute atomic E-state index is 0.00178. The zero-order valence-electron chi connectivity index (χ0n) is 10.7. The Kier molecular flexibility index (Phi) is 2.88. The van der Waals surface area contributed by atoms with Crippen molar-refractivity contribution in [2.75, 3.05) is 13.1 Å². The quantitative estimate of drug-likeness (QED) is 0.709. The molecule has 3 aliphatic rings. The van der Waals surface area contributed by atoms with Crippen LogP contribution in [-0.4, -0.2) is 35.3 Å². The number of rotatable bonds is 1. The number of nitrogens with one attached hydrogen (secondary N) is 1. The summed E-state index contributed by atoms with van der Waals surface area (Å²) in [5.41, 5.74) is 0.00178. The highest BCUT2D eigenvalue weighted by molar-refractivity contribution is 5.81. The SMILES string of the molecule is O=C1CCC2(CCN(C(=O)C3CC=CC3)CC2)N1. The Bertz CT molecular complexity index is 387. The Morgan fingerprint density at radius 3 is 2.44 bits per heavy atom. The lowest BCUT2D eigenvalue weighted by Gasteiger charge is -2.40. The molecule has 0 radical (unpaired) electrons. The second-order valence-corrected chi connectivity index (χ2v) is 5.79. The van der Waals surface area contributed by atoms with Crippen molar-refractivity contribution in [2.24, 2.45) is 5.92 Å². The van der Waals surface area contributed by atoms with Crippen LogP contribution in [0.25, 0.3) is 0 Å². The number of piperidine rings is 1. The molecule has 0 aromatic carbocycles. The third-order valence-electron chi connectivity index (χ3n) is 4.62. The molecular weight excluding hydrogens is 228 g/mol. The van der Waals surface area contributed by atoms with Crippen molar-refractivity contribution in [3.8, 4) is 0 Å². The van der Waals surface area contributed by atoms with Gasteiger partial charge in [-0.3, -0.25) is 9.59 Å². The summed E-state index contributed by atoms with van der Waals surface area (Å²) in [6.45, 7) is 1.60. The maximum absolute atomic E-state index is 12.3. The molecule has 4 nitrogen and oxygen atoms in total. The molecule has 2 saturated heterocycles. The zero-order chi connectivity index (χ0) is 12.6. The minimum Gasteiger partial charge on any atom is -0.351 e. The molecular formula is C14H20N2O2. The Hall–Kier alpha value is -1.32. The van der Waals surface area contributed by atoms with Crippen molar-refractivity contribution in [3.63, 3.8) is 0 Å². The molecule has 1 spiro atoms. The topological polar surface area (TPSA) is 49.4 Å². The lowest BCUT2D eigenvalue weighted by molar-refractivity contribution is -0.136. The standard InChI is InChI=1S/C14H20N2O2/c17-12-5-6-14(15-12)7-9-16(10-8-14)13(18)11-3-1-2-4-11/h1-2,11H,3-10H2,(H,15,17). The van der Waals surface area contributed by atoms with Crippen LogP contribution in [-0.2, 0) is 9.59 Å². The summed E-state index contributed by atoms with van der Waals surface area (Å²) in [6, 6.07) is 0. The van der Waals surface area contributed by atoms with Gasteiger partial charge in [0.15, 0.2) is 0 Å². The van der Waals surface area contributed by atoms with Gasteiger partial charge < -0.3 is 10.2 Å². The Labute approximate surface area is 107 Å². The fourth-order valence-corrected chi connectivity index (χ4v) is 3.38. The molecule has 0 saturated carbocycles. The smallest absolute Gasteiger partial charge is 0.226 e. The van der Waals surface area contributed by atoms with Gasteiger partial charge in [0, 0.05) is 31.0 Å². The van der Waals surface area contributed by atoms with E-state index in [1.807, 2.05) is 4.90 Å². The van der Waals surface area contributed by atoms with Crippen LogP contribution in [0, 0.1) is 5.92 Å². The van der Waals surface area contributed by atoms with Gasteiger partial charge in [-0.05, 0) is 32.1 Å². The van der Waals surface area contributed by atoms with Crippen molar-refractivity contribution in [1.29, 1.82) is 0 Å². The fraction of sp³-hybridized carbons (Fsp3) is 0.714. The van der Waals surface area contributed by atoms with Crippen molar-refractivity contribution >= 4 is 11.8 Å². The molecule has 2 fully saturated rings. The van der Waals surface area contributed by atoms with Gasteiger partial charge in [0.2, 0.25) is 11.8 Å². The Morgan fingerprint density at radius 2 is 1.89 bits per heavy atom. The van der Waals surface area contributed by atoms with Crippen molar-refractivity contribution < 1.29 is 9.59 Å². The molecule has 4 heteroatoms. The predicted octanol–water partition coefficient (Wildman–Crippen LogP) is 1.22. The largest absolute Gasteiger partial charge is 0.351 e. The van der Waals surface area contributed by atoms with Crippen molar-refractivity contribution in [2.45, 2.75) is 44.1 Å². The predicted molar refractivity (Wildman–Crippen MR) is 67.8 cm³/mol. The monoisotopic (exact) mass is 248 g/mol. The second kappa shape index (κ2) is 4.41. The first-order chi connectivity index (χ1) is 8.69. The van der Waals surface area contributed by atoms with Crippen LogP contribution < -0.4 is 5.32 Å². The molecule has 0 aromatic heterocycles. The van der Waals surface area contributed by atoms with E-state index in [-0.39, 0.29) is 17.4 Å². The normalized spacial score (nSPS) is 26.9. The average molecular weight is 248 g/mol. The summed E-state index contributed by atoms with van der Waals surface area (Å²) < 4.78 is 0. The molecule has 3 rings (SSSR count). The van der Waals surface area contributed by atoms with Gasteiger partial charge in [0.05, 0.1) is 0 Å². The number of hydrogen-bond donors (Lipinski definition) is 1. The average Bonchev–Trinajstić information content (AvgIpc) is 3.00. The highest BCUT2D eigenvalue weighted by Crippen LogP contribution is 2.32. The first-order valence-electron chi connectivity index (χ1n) is 6.93. The van der Waals surface area contributed by atoms with Gasteiger partial charge in [-0.1, -0.05) is 12.2 Å². The molecule has 98 valence electrons. The summed E-state index contributed by atoms with van der Waals surface area (Å²) in [6.07, 6.45) is 9.44. The number of hydrogen-bond acceptors (Lipinski definition) is 2. The summed E-state index contributed by atoms with van der Waals surface area (Å²) in [4.78, 5) is 25.6. The van der Waals surface area contributed by atoms with E-state index in [1.165, 1.54) is 0 Å². The fourth-order valence-electron chi connectivity index (χ4n) is 3.38. The lowest BCUT2D eigenvalue weighted by atomic mass is 9.86. The molecule has 0 bridgehead atoms. The van der Waals surface area contributed by atoms with Gasteiger partial charge in [-0.2, -0.15) is 0 Å². The lowest BCUT2D eigenvalue weighted by Crippen LogP contribution is -2.53. The van der Waals surface area contributed by atoms with Crippen LogP contribution in [0.1, 0.15) is 38.5 Å². The van der Waals surface area contributed by atoms with Gasteiger partial charge >= 0.3 is 0 Å². The first-order valence-corrected chi connectivity index (χ1v) is 6.93. The number of carbonyl (C=O) groups excluding carboxylic acids is 2. The third-order valence-corrected chi connectivity index (χ3v) is 4.62. The molecule has 0 unspecified atom stereocenters. The maximum atomic E-state index is 12.3. The van der Waals surface area contributed by atoms with Crippen LogP contribution in [0.15, 0.2) is 12.2 Å². The number of allylic oxidation sites excluding steroid dienone is 2. The van der Waals surface area contributed by atoms with Gasteiger partial charge in [0.1, 0.15) is 0 Å². The number of carbonyl (C=O) groups is 2. The van der Waals surface area contributed by atoms with E-state index in [2.05, 4.69) is 17.5 Å². The molecule has 1 aliphatic carbocycles. The molecule has 2 aliphatic heterocycles. The van der Waals surface area contributed by atoms with Crippen LogP contribution in [0.3, 0.4) is 0 Å². The van der Waals surface area contributed by atoms with Crippen molar-refractivity contribution in [1.82, 2.24) is 10.2 Å². The molecule has 0 aromatic rings. The van der Waals surface area contributed by atoms with E-state index in [9.17, 15) is 9.59 Å². The summed E-state index contributed by atoms with van der Waals surface area (Å²) >= 11 is 0. The Balaban J connectivity index is 1.56. The molecule has 1 N–H and O–H groups in total. The van der Waals surface area contributed by atoms with Gasteiger partial charge in [-0.25, -0.2) is 0 Å². The molecule has 2 heterocycles. The van der Waals surface area contributed by atoms with E-state index >= 15 is 0 Å². The summed E-state index contributed by atoms with van der Waals surface area (Å²) in [5, 5.41) is 3.11. The third kappa shape index (κ3) is 2.04. The Morgan fingerprint density at radius 1 is 1.22 bits per heavy atom. The van der Waals surface area contributed by atoms with E-state index in [0.29, 0.717) is 12.3 Å². The maximum Gasteiger partial charge on any atom is 0.226 e. The zero-order valence-corrected chi connectivity index (χ0v) is 10.7. The number of nitrogens with zero attached hydrogens (tertiary/aromatic N) is 1. The summed E-state index contributed by atoms with van der Waals surface area (Å²) in [7, 11) is 0. The first kappa shape index (κ1) is 11.8. The van der Waals surface area contributed by atoms with Gasteiger partial charge in [-0.15, -0.1) is 0 Å².